The smallest absolute Gasteiger partial charge is 0.127 e. The van der Waals surface area contributed by atoms with Crippen LogP contribution in [-0.2, 0) is 6.54 Å². The third kappa shape index (κ3) is 2.73. The number of halogens is 1. The van der Waals surface area contributed by atoms with E-state index in [0.717, 1.165) is 11.6 Å². The molecule has 1 saturated carbocycles. The summed E-state index contributed by atoms with van der Waals surface area (Å²) in [6.07, 6.45) is 3.74. The van der Waals surface area contributed by atoms with E-state index in [1.54, 1.807) is 6.07 Å². The maximum atomic E-state index is 13.0. The van der Waals surface area contributed by atoms with Gasteiger partial charge >= 0.3 is 0 Å². The van der Waals surface area contributed by atoms with Crippen molar-refractivity contribution < 1.29 is 9.50 Å². The van der Waals surface area contributed by atoms with E-state index in [-0.39, 0.29) is 11.6 Å². The standard InChI is InChI=1S/C13H18FNO/c1-9-3-2-4-13(9)15-8-10-5-11(14)7-12(16)6-10/h5-7,9,13,15-16H,2-4,8H2,1H3. The third-order valence-corrected chi connectivity index (χ3v) is 3.37. The predicted octanol–water partition coefficient (Wildman–Crippen LogP) is 2.81. The summed E-state index contributed by atoms with van der Waals surface area (Å²) in [6, 6.07) is 4.73. The van der Waals surface area contributed by atoms with E-state index in [4.69, 9.17) is 0 Å². The van der Waals surface area contributed by atoms with E-state index >= 15 is 0 Å². The quantitative estimate of drug-likeness (QED) is 0.825. The van der Waals surface area contributed by atoms with Gasteiger partial charge in [0.25, 0.3) is 0 Å². The Morgan fingerprint density at radius 2 is 2.19 bits per heavy atom. The van der Waals surface area contributed by atoms with E-state index < -0.39 is 0 Å². The number of hydrogen-bond donors (Lipinski definition) is 2. The zero-order chi connectivity index (χ0) is 11.5. The second-order valence-electron chi connectivity index (χ2n) is 4.71. The first kappa shape index (κ1) is 11.4. The Labute approximate surface area is 95.5 Å². The molecular weight excluding hydrogens is 205 g/mol. The predicted molar refractivity (Wildman–Crippen MR) is 61.7 cm³/mol. The molecule has 3 heteroatoms. The van der Waals surface area contributed by atoms with Crippen molar-refractivity contribution in [3.8, 4) is 5.75 Å². The van der Waals surface area contributed by atoms with E-state index in [1.165, 1.54) is 25.3 Å². The van der Waals surface area contributed by atoms with Gasteiger partial charge in [0.05, 0.1) is 0 Å². The summed E-state index contributed by atoms with van der Waals surface area (Å²) in [5, 5.41) is 12.7. The molecule has 0 heterocycles. The van der Waals surface area contributed by atoms with Gasteiger partial charge in [0.1, 0.15) is 11.6 Å². The Kier molecular flexibility index (Phi) is 3.44. The molecule has 2 N–H and O–H groups in total. The second-order valence-corrected chi connectivity index (χ2v) is 4.71. The Balaban J connectivity index is 1.94. The summed E-state index contributed by atoms with van der Waals surface area (Å²) in [4.78, 5) is 0. The average molecular weight is 223 g/mol. The Morgan fingerprint density at radius 1 is 1.38 bits per heavy atom. The summed E-state index contributed by atoms with van der Waals surface area (Å²) in [7, 11) is 0. The monoisotopic (exact) mass is 223 g/mol. The molecule has 1 aromatic carbocycles. The molecule has 2 rings (SSSR count). The van der Waals surface area contributed by atoms with Crippen LogP contribution in [0.4, 0.5) is 4.39 Å². The second kappa shape index (κ2) is 4.83. The van der Waals surface area contributed by atoms with Crippen molar-refractivity contribution >= 4 is 0 Å². The van der Waals surface area contributed by atoms with Gasteiger partial charge in [-0.15, -0.1) is 0 Å². The van der Waals surface area contributed by atoms with Gasteiger partial charge in [0, 0.05) is 18.7 Å². The molecule has 1 aromatic rings. The van der Waals surface area contributed by atoms with Crippen molar-refractivity contribution in [3.05, 3.63) is 29.6 Å². The Morgan fingerprint density at radius 3 is 2.81 bits per heavy atom. The van der Waals surface area contributed by atoms with Crippen LogP contribution < -0.4 is 5.32 Å². The number of hydrogen-bond acceptors (Lipinski definition) is 2. The maximum absolute atomic E-state index is 13.0. The highest BCUT2D eigenvalue weighted by atomic mass is 19.1. The molecule has 0 saturated heterocycles. The molecule has 2 unspecified atom stereocenters. The lowest BCUT2D eigenvalue weighted by Crippen LogP contribution is -2.30. The van der Waals surface area contributed by atoms with Gasteiger partial charge in [0.2, 0.25) is 0 Å². The number of phenols is 1. The van der Waals surface area contributed by atoms with Gasteiger partial charge in [-0.05, 0) is 36.5 Å². The first-order valence-corrected chi connectivity index (χ1v) is 5.87. The molecule has 88 valence electrons. The van der Waals surface area contributed by atoms with Crippen LogP contribution in [0.2, 0.25) is 0 Å². The van der Waals surface area contributed by atoms with Crippen molar-refractivity contribution in [2.45, 2.75) is 38.8 Å². The minimum Gasteiger partial charge on any atom is -0.508 e. The number of benzene rings is 1. The minimum atomic E-state index is -0.378. The lowest BCUT2D eigenvalue weighted by Gasteiger charge is -2.17. The lowest BCUT2D eigenvalue weighted by atomic mass is 10.1. The fourth-order valence-electron chi connectivity index (χ4n) is 2.43. The van der Waals surface area contributed by atoms with Crippen LogP contribution in [0.25, 0.3) is 0 Å². The first-order valence-electron chi connectivity index (χ1n) is 5.87. The van der Waals surface area contributed by atoms with E-state index in [9.17, 15) is 9.50 Å². The van der Waals surface area contributed by atoms with Crippen LogP contribution in [0.15, 0.2) is 18.2 Å². The van der Waals surface area contributed by atoms with Gasteiger partial charge in [-0.25, -0.2) is 4.39 Å². The number of aromatic hydroxyl groups is 1. The van der Waals surface area contributed by atoms with Gasteiger partial charge in [-0.2, -0.15) is 0 Å². The fraction of sp³-hybridized carbons (Fsp3) is 0.538. The van der Waals surface area contributed by atoms with Crippen molar-refractivity contribution in [3.63, 3.8) is 0 Å². The largest absolute Gasteiger partial charge is 0.508 e. The fourth-order valence-corrected chi connectivity index (χ4v) is 2.43. The topological polar surface area (TPSA) is 32.3 Å². The summed E-state index contributed by atoms with van der Waals surface area (Å²) in [5.41, 5.74) is 0.802. The first-order chi connectivity index (χ1) is 7.65. The van der Waals surface area contributed by atoms with E-state index in [0.29, 0.717) is 18.5 Å². The number of phenolic OH excluding ortho intramolecular Hbond substituents is 1. The minimum absolute atomic E-state index is 0.00345. The molecule has 0 spiro atoms. The van der Waals surface area contributed by atoms with Crippen molar-refractivity contribution in [2.75, 3.05) is 0 Å². The normalized spacial score (nSPS) is 24.9. The molecule has 0 amide bonds. The maximum Gasteiger partial charge on any atom is 0.127 e. The summed E-state index contributed by atoms with van der Waals surface area (Å²) < 4.78 is 13.0. The molecule has 1 aliphatic carbocycles. The van der Waals surface area contributed by atoms with Crippen LogP contribution in [0.5, 0.6) is 5.75 Å². The molecule has 0 aliphatic heterocycles. The molecular formula is C13H18FNO. The van der Waals surface area contributed by atoms with Crippen LogP contribution >= 0.6 is 0 Å². The lowest BCUT2D eigenvalue weighted by molar-refractivity contribution is 0.423. The summed E-state index contributed by atoms with van der Waals surface area (Å²) in [6.45, 7) is 2.87. The zero-order valence-corrected chi connectivity index (χ0v) is 9.54. The van der Waals surface area contributed by atoms with Crippen LogP contribution in [0.1, 0.15) is 31.7 Å². The SMILES string of the molecule is CC1CCCC1NCc1cc(O)cc(F)c1. The summed E-state index contributed by atoms with van der Waals surface area (Å²) in [5.74, 6) is 0.315. The highest BCUT2D eigenvalue weighted by Crippen LogP contribution is 2.25. The molecule has 0 radical (unpaired) electrons. The van der Waals surface area contributed by atoms with Gasteiger partial charge in [-0.1, -0.05) is 13.3 Å². The molecule has 2 nitrogen and oxygen atoms in total. The van der Waals surface area contributed by atoms with Crippen molar-refractivity contribution in [1.82, 2.24) is 5.32 Å². The average Bonchev–Trinajstić information content (AvgIpc) is 2.59. The van der Waals surface area contributed by atoms with E-state index in [2.05, 4.69) is 12.2 Å². The van der Waals surface area contributed by atoms with Crippen molar-refractivity contribution in [1.29, 1.82) is 0 Å². The summed E-state index contributed by atoms with van der Waals surface area (Å²) >= 11 is 0. The van der Waals surface area contributed by atoms with Gasteiger partial charge in [0.15, 0.2) is 0 Å². The van der Waals surface area contributed by atoms with E-state index in [1.807, 2.05) is 0 Å². The highest BCUT2D eigenvalue weighted by Gasteiger charge is 2.22. The van der Waals surface area contributed by atoms with Crippen LogP contribution in [0.3, 0.4) is 0 Å². The molecule has 0 bridgehead atoms. The number of rotatable bonds is 3. The molecule has 1 fully saturated rings. The van der Waals surface area contributed by atoms with Gasteiger partial charge in [-0.3, -0.25) is 0 Å². The van der Waals surface area contributed by atoms with Crippen molar-refractivity contribution in [2.24, 2.45) is 5.92 Å². The zero-order valence-electron chi connectivity index (χ0n) is 9.54. The molecule has 0 aromatic heterocycles. The Bertz CT molecular complexity index is 347. The molecule has 16 heavy (non-hydrogen) atoms. The van der Waals surface area contributed by atoms with Crippen LogP contribution in [0, 0.1) is 11.7 Å². The highest BCUT2D eigenvalue weighted by molar-refractivity contribution is 5.28. The van der Waals surface area contributed by atoms with Gasteiger partial charge < -0.3 is 10.4 Å². The van der Waals surface area contributed by atoms with Crippen LogP contribution in [-0.4, -0.2) is 11.1 Å². The Hall–Kier alpha value is -1.09. The number of nitrogens with one attached hydrogen (secondary N) is 1. The molecule has 2 atom stereocenters. The molecule has 1 aliphatic rings. The third-order valence-electron chi connectivity index (χ3n) is 3.37.